The number of ether oxygens (including phenoxy) is 1. The molecule has 0 bridgehead atoms. The Morgan fingerprint density at radius 1 is 1.00 bits per heavy atom. The average molecular weight is 555 g/mol. The van der Waals surface area contributed by atoms with Gasteiger partial charge in [0.2, 0.25) is 11.8 Å². The highest BCUT2D eigenvalue weighted by Gasteiger charge is 2.49. The van der Waals surface area contributed by atoms with Crippen LogP contribution in [0.2, 0.25) is 0 Å². The molecule has 1 saturated carbocycles. The van der Waals surface area contributed by atoms with Crippen molar-refractivity contribution in [1.82, 2.24) is 36.2 Å². The SMILES string of the molecule is NC1NN2CC(F)CNC2C1C(=O)NC1CNCCC1C1CCC(C(=O)N2CCN(C3COC3)CC2)CC1F. The predicted octanol–water partition coefficient (Wildman–Crippen LogP) is -1.63. The lowest BCUT2D eigenvalue weighted by Crippen LogP contribution is -2.61. The molecule has 0 radical (unpaired) electrons. The molecule has 0 aromatic carbocycles. The van der Waals surface area contributed by atoms with Crippen molar-refractivity contribution in [2.45, 2.75) is 62.4 Å². The number of alkyl halides is 2. The lowest BCUT2D eigenvalue weighted by Gasteiger charge is -2.45. The maximum Gasteiger partial charge on any atom is 0.229 e. The zero-order valence-electron chi connectivity index (χ0n) is 22.6. The number of carbonyl (C=O) groups excluding carboxylic acids is 2. The van der Waals surface area contributed by atoms with E-state index in [1.807, 2.05) is 4.90 Å². The fourth-order valence-electron chi connectivity index (χ4n) is 7.65. The fraction of sp³-hybridized carbons (Fsp3) is 0.923. The Hall–Kier alpha value is -1.48. The van der Waals surface area contributed by atoms with Crippen molar-refractivity contribution in [3.63, 3.8) is 0 Å². The Balaban J connectivity index is 1.03. The number of rotatable bonds is 5. The van der Waals surface area contributed by atoms with Crippen LogP contribution in [-0.2, 0) is 14.3 Å². The third-order valence-corrected chi connectivity index (χ3v) is 9.97. The van der Waals surface area contributed by atoms with Crippen molar-refractivity contribution in [2.24, 2.45) is 29.4 Å². The third-order valence-electron chi connectivity index (χ3n) is 9.97. The van der Waals surface area contributed by atoms with Crippen molar-refractivity contribution >= 4 is 11.8 Å². The smallest absolute Gasteiger partial charge is 0.229 e. The maximum atomic E-state index is 15.8. The van der Waals surface area contributed by atoms with Crippen LogP contribution in [0.3, 0.4) is 0 Å². The van der Waals surface area contributed by atoms with Gasteiger partial charge in [0.25, 0.3) is 0 Å². The second-order valence-electron chi connectivity index (χ2n) is 12.3. The van der Waals surface area contributed by atoms with Gasteiger partial charge in [-0.15, -0.1) is 0 Å². The molecule has 0 spiro atoms. The molecular weight excluding hydrogens is 510 g/mol. The lowest BCUT2D eigenvalue weighted by atomic mass is 9.70. The van der Waals surface area contributed by atoms with Gasteiger partial charge in [-0.2, -0.15) is 0 Å². The molecule has 11 nitrogen and oxygen atoms in total. The number of hydrazine groups is 1. The maximum absolute atomic E-state index is 15.8. The molecule has 5 saturated heterocycles. The first-order chi connectivity index (χ1) is 18.9. The second-order valence-corrected chi connectivity index (χ2v) is 12.3. The fourth-order valence-corrected chi connectivity index (χ4v) is 7.65. The Bertz CT molecular complexity index is 891. The van der Waals surface area contributed by atoms with Crippen LogP contribution in [0.25, 0.3) is 0 Å². The number of piperazine rings is 1. The first kappa shape index (κ1) is 27.7. The number of carbonyl (C=O) groups is 2. The molecule has 5 heterocycles. The zero-order valence-corrected chi connectivity index (χ0v) is 22.6. The average Bonchev–Trinajstić information content (AvgIpc) is 3.23. The van der Waals surface area contributed by atoms with Gasteiger partial charge in [-0.1, -0.05) is 0 Å². The van der Waals surface area contributed by atoms with Gasteiger partial charge in [0.1, 0.15) is 12.3 Å². The van der Waals surface area contributed by atoms with E-state index in [0.29, 0.717) is 38.5 Å². The van der Waals surface area contributed by atoms with Gasteiger partial charge in [0.05, 0.1) is 37.5 Å². The van der Waals surface area contributed by atoms with Gasteiger partial charge in [-0.3, -0.25) is 19.8 Å². The van der Waals surface area contributed by atoms with Gasteiger partial charge in [-0.25, -0.2) is 19.2 Å². The van der Waals surface area contributed by atoms with Crippen LogP contribution < -0.4 is 27.1 Å². The highest BCUT2D eigenvalue weighted by Crippen LogP contribution is 2.40. The van der Waals surface area contributed by atoms with Gasteiger partial charge >= 0.3 is 0 Å². The number of amides is 2. The molecule has 220 valence electrons. The summed E-state index contributed by atoms with van der Waals surface area (Å²) in [6.45, 7) is 6.38. The minimum atomic E-state index is -1.07. The minimum absolute atomic E-state index is 0.00859. The number of piperidine rings is 1. The number of hydrogen-bond acceptors (Lipinski definition) is 9. The van der Waals surface area contributed by atoms with Crippen LogP contribution in [-0.4, -0.2) is 129 Å². The van der Waals surface area contributed by atoms with E-state index in [1.165, 1.54) is 0 Å². The number of nitrogens with one attached hydrogen (secondary N) is 4. The van der Waals surface area contributed by atoms with Crippen LogP contribution in [0.1, 0.15) is 25.7 Å². The Morgan fingerprint density at radius 3 is 2.51 bits per heavy atom. The van der Waals surface area contributed by atoms with Crippen molar-refractivity contribution in [2.75, 3.05) is 65.6 Å². The summed E-state index contributed by atoms with van der Waals surface area (Å²) >= 11 is 0. The second kappa shape index (κ2) is 11.8. The summed E-state index contributed by atoms with van der Waals surface area (Å²) in [5.41, 5.74) is 9.25. The first-order valence-corrected chi connectivity index (χ1v) is 14.8. The van der Waals surface area contributed by atoms with Crippen molar-refractivity contribution in [3.05, 3.63) is 0 Å². The molecule has 6 aliphatic rings. The van der Waals surface area contributed by atoms with E-state index in [9.17, 15) is 14.0 Å². The van der Waals surface area contributed by atoms with E-state index in [-0.39, 0.29) is 61.3 Å². The number of nitrogens with zero attached hydrogens (tertiary/aromatic N) is 3. The Morgan fingerprint density at radius 2 is 1.79 bits per heavy atom. The van der Waals surface area contributed by atoms with E-state index >= 15 is 4.39 Å². The predicted molar refractivity (Wildman–Crippen MR) is 139 cm³/mol. The van der Waals surface area contributed by atoms with E-state index in [0.717, 1.165) is 39.3 Å². The van der Waals surface area contributed by atoms with Crippen LogP contribution in [0.15, 0.2) is 0 Å². The van der Waals surface area contributed by atoms with Crippen molar-refractivity contribution in [3.8, 4) is 0 Å². The van der Waals surface area contributed by atoms with Gasteiger partial charge in [0.15, 0.2) is 0 Å². The third kappa shape index (κ3) is 5.68. The molecular formula is C26H44F2N8O3. The minimum Gasteiger partial charge on any atom is -0.378 e. The summed E-state index contributed by atoms with van der Waals surface area (Å²) in [4.78, 5) is 31.0. The van der Waals surface area contributed by atoms with Crippen molar-refractivity contribution < 1.29 is 23.1 Å². The molecule has 5 aliphatic heterocycles. The molecule has 6 rings (SSSR count). The Kier molecular flexibility index (Phi) is 8.37. The standard InChI is InChI=1S/C26H44F2N8O3/c27-16-10-31-24-22(23(29)33-36(24)12-16)25(37)32-21-11-30-4-3-19(21)18-2-1-15(9-20(18)28)26(38)35-7-5-34(6-8-35)17-13-39-14-17/h15-24,30-31,33H,1-14,29H2,(H,32,37). The summed E-state index contributed by atoms with van der Waals surface area (Å²) in [6, 6.07) is 0.261. The molecule has 2 amide bonds. The van der Waals surface area contributed by atoms with Crippen LogP contribution in [0.5, 0.6) is 0 Å². The number of fused-ring (bicyclic) bond motifs is 1. The van der Waals surface area contributed by atoms with E-state index in [1.54, 1.807) is 5.01 Å². The van der Waals surface area contributed by atoms with Gasteiger partial charge in [-0.05, 0) is 44.1 Å². The largest absolute Gasteiger partial charge is 0.378 e. The van der Waals surface area contributed by atoms with Crippen molar-refractivity contribution in [1.29, 1.82) is 0 Å². The number of halogens is 2. The quantitative estimate of drug-likeness (QED) is 0.272. The van der Waals surface area contributed by atoms with Gasteiger partial charge < -0.3 is 26.0 Å². The van der Waals surface area contributed by atoms with Crippen LogP contribution in [0, 0.1) is 23.7 Å². The summed E-state index contributed by atoms with van der Waals surface area (Å²) < 4.78 is 34.9. The van der Waals surface area contributed by atoms with E-state index < -0.39 is 24.4 Å². The molecule has 9 atom stereocenters. The summed E-state index contributed by atoms with van der Waals surface area (Å²) in [5.74, 6) is -1.15. The highest BCUT2D eigenvalue weighted by atomic mass is 19.1. The first-order valence-electron chi connectivity index (χ1n) is 14.8. The highest BCUT2D eigenvalue weighted by molar-refractivity contribution is 5.81. The monoisotopic (exact) mass is 554 g/mol. The molecule has 0 aromatic rings. The number of hydrogen-bond donors (Lipinski definition) is 5. The molecule has 39 heavy (non-hydrogen) atoms. The van der Waals surface area contributed by atoms with Crippen LogP contribution in [0.4, 0.5) is 8.78 Å². The number of nitrogens with two attached hydrogens (primary N) is 1. The lowest BCUT2D eigenvalue weighted by molar-refractivity contribution is -0.142. The molecule has 1 aliphatic carbocycles. The summed E-state index contributed by atoms with van der Waals surface area (Å²) in [6.07, 6.45) is -0.728. The molecule has 13 heteroatoms. The molecule has 6 fully saturated rings. The van der Waals surface area contributed by atoms with Gasteiger partial charge in [0, 0.05) is 57.8 Å². The molecule has 6 N–H and O–H groups in total. The molecule has 9 unspecified atom stereocenters. The summed E-state index contributed by atoms with van der Waals surface area (Å²) in [7, 11) is 0. The summed E-state index contributed by atoms with van der Waals surface area (Å²) in [5, 5.41) is 11.3. The van der Waals surface area contributed by atoms with Crippen LogP contribution >= 0.6 is 0 Å². The topological polar surface area (TPSA) is 127 Å². The zero-order chi connectivity index (χ0) is 27.1. The normalized spacial score (nSPS) is 42.5. The van der Waals surface area contributed by atoms with E-state index in [4.69, 9.17) is 10.5 Å². The molecule has 0 aromatic heterocycles. The Labute approximate surface area is 228 Å². The van der Waals surface area contributed by atoms with E-state index in [2.05, 4.69) is 26.3 Å².